The van der Waals surface area contributed by atoms with Gasteiger partial charge in [-0.15, -0.1) is 33.7 Å². The van der Waals surface area contributed by atoms with Gasteiger partial charge in [0, 0.05) is 16.7 Å². The van der Waals surface area contributed by atoms with Crippen molar-refractivity contribution in [3.05, 3.63) is 66.4 Å². The van der Waals surface area contributed by atoms with Gasteiger partial charge in [-0.1, -0.05) is 32.0 Å². The van der Waals surface area contributed by atoms with Crippen LogP contribution >= 0.6 is 23.5 Å². The lowest BCUT2D eigenvalue weighted by molar-refractivity contribution is 0.340. The highest BCUT2D eigenvalue weighted by atomic mass is 32.2. The minimum absolute atomic E-state index is 0.648. The molecule has 5 nitrogen and oxygen atoms in total. The summed E-state index contributed by atoms with van der Waals surface area (Å²) in [4.78, 5) is 0. The molecule has 0 saturated heterocycles. The Morgan fingerprint density at radius 2 is 1.61 bits per heavy atom. The molecule has 0 aliphatic rings. The molecule has 0 fully saturated rings. The van der Waals surface area contributed by atoms with Crippen LogP contribution < -0.4 is 4.74 Å². The molecule has 0 N–H and O–H groups in total. The van der Waals surface area contributed by atoms with Crippen LogP contribution in [0.1, 0.15) is 26.5 Å². The van der Waals surface area contributed by atoms with E-state index in [1.807, 2.05) is 49.4 Å². The van der Waals surface area contributed by atoms with Crippen LogP contribution in [0.25, 0.3) is 28.1 Å². The number of aryl methyl sites for hydroxylation is 1. The molecule has 0 atom stereocenters. The van der Waals surface area contributed by atoms with Crippen LogP contribution in [0.2, 0.25) is 0 Å². The van der Waals surface area contributed by atoms with Gasteiger partial charge in [-0.3, -0.25) is 0 Å². The van der Waals surface area contributed by atoms with Crippen LogP contribution in [-0.2, 0) is 0 Å². The first-order chi connectivity index (χ1) is 16.2. The van der Waals surface area contributed by atoms with E-state index in [1.165, 1.54) is 0 Å². The summed E-state index contributed by atoms with van der Waals surface area (Å²) in [5.41, 5.74) is 6.10. The molecule has 170 valence electrons. The van der Waals surface area contributed by atoms with Gasteiger partial charge in [-0.2, -0.15) is 5.10 Å². The van der Waals surface area contributed by atoms with Crippen LogP contribution in [0.15, 0.2) is 70.7 Å². The lowest BCUT2D eigenvalue weighted by atomic mass is 10.1. The summed E-state index contributed by atoms with van der Waals surface area (Å²) in [5.74, 6) is 2.73. The Hall–Kier alpha value is -2.77. The van der Waals surface area contributed by atoms with Gasteiger partial charge in [0.15, 0.2) is 0 Å². The molecule has 2 heterocycles. The molecule has 0 saturated carbocycles. The van der Waals surface area contributed by atoms with Crippen molar-refractivity contribution < 1.29 is 4.74 Å². The lowest BCUT2D eigenvalue weighted by Gasteiger charge is -2.12. The number of nitrogens with zero attached hydrogens (tertiary/aromatic N) is 4. The quantitative estimate of drug-likeness (QED) is 0.244. The standard InChI is InChI=1S/C26H28N4OS2/c1-5-31-21-15-13-19(14-16-21)23-17-22(25(28-27-23)32-6-2)24-18(4)29-30(26(24)33-7-3)20-11-9-8-10-12-20/h8-17H,5-7H2,1-4H3. The molecule has 0 aliphatic heterocycles. The van der Waals surface area contributed by atoms with Crippen LogP contribution in [-0.4, -0.2) is 38.1 Å². The fourth-order valence-electron chi connectivity index (χ4n) is 3.66. The summed E-state index contributed by atoms with van der Waals surface area (Å²) in [5, 5.41) is 16.2. The van der Waals surface area contributed by atoms with Crippen LogP contribution in [0.4, 0.5) is 0 Å². The number of rotatable bonds is 9. The Morgan fingerprint density at radius 3 is 2.27 bits per heavy atom. The lowest BCUT2D eigenvalue weighted by Crippen LogP contribution is -1.99. The van der Waals surface area contributed by atoms with Crippen LogP contribution in [0, 0.1) is 6.92 Å². The molecule has 0 spiro atoms. The summed E-state index contributed by atoms with van der Waals surface area (Å²) in [6.07, 6.45) is 0. The molecular formula is C26H28N4OS2. The van der Waals surface area contributed by atoms with Crippen molar-refractivity contribution in [1.82, 2.24) is 20.0 Å². The maximum absolute atomic E-state index is 5.59. The predicted molar refractivity (Wildman–Crippen MR) is 139 cm³/mol. The van der Waals surface area contributed by atoms with Crippen molar-refractivity contribution in [2.45, 2.75) is 37.7 Å². The van der Waals surface area contributed by atoms with Gasteiger partial charge in [0.2, 0.25) is 0 Å². The van der Waals surface area contributed by atoms with E-state index in [1.54, 1.807) is 23.5 Å². The minimum atomic E-state index is 0.648. The van der Waals surface area contributed by atoms with Crippen molar-refractivity contribution in [2.75, 3.05) is 18.1 Å². The summed E-state index contributed by atoms with van der Waals surface area (Å²) in [6, 6.07) is 20.5. The molecule has 4 rings (SSSR count). The van der Waals surface area contributed by atoms with Crippen LogP contribution in [0.5, 0.6) is 5.75 Å². The van der Waals surface area contributed by atoms with E-state index in [2.05, 4.69) is 53.8 Å². The third kappa shape index (κ3) is 5.09. The topological polar surface area (TPSA) is 52.8 Å². The highest BCUT2D eigenvalue weighted by Gasteiger charge is 2.22. The van der Waals surface area contributed by atoms with Gasteiger partial charge in [0.25, 0.3) is 0 Å². The number of ether oxygens (including phenoxy) is 1. The van der Waals surface area contributed by atoms with E-state index in [0.29, 0.717) is 6.61 Å². The van der Waals surface area contributed by atoms with E-state index >= 15 is 0 Å². The van der Waals surface area contributed by atoms with E-state index in [9.17, 15) is 0 Å². The highest BCUT2D eigenvalue weighted by Crippen LogP contribution is 2.40. The van der Waals surface area contributed by atoms with Crippen molar-refractivity contribution in [3.63, 3.8) is 0 Å². The minimum Gasteiger partial charge on any atom is -0.494 e. The third-order valence-corrected chi connectivity index (χ3v) is 6.87. The van der Waals surface area contributed by atoms with E-state index in [0.717, 1.165) is 61.1 Å². The SMILES string of the molecule is CCOc1ccc(-c2cc(-c3c(C)nn(-c4ccccc4)c3SCC)c(SCC)nn2)cc1. The monoisotopic (exact) mass is 476 g/mol. The molecule has 0 aliphatic carbocycles. The van der Waals surface area contributed by atoms with Gasteiger partial charge in [0.1, 0.15) is 15.8 Å². The predicted octanol–water partition coefficient (Wildman–Crippen LogP) is 6.93. The summed E-state index contributed by atoms with van der Waals surface area (Å²) >= 11 is 3.51. The molecule has 33 heavy (non-hydrogen) atoms. The Bertz CT molecular complexity index is 1210. The number of hydrogen-bond donors (Lipinski definition) is 0. The molecule has 0 radical (unpaired) electrons. The normalized spacial score (nSPS) is 11.0. The zero-order valence-corrected chi connectivity index (χ0v) is 21.0. The molecule has 2 aromatic heterocycles. The van der Waals surface area contributed by atoms with Crippen molar-refractivity contribution >= 4 is 23.5 Å². The number of thioether (sulfide) groups is 2. The number of hydrogen-bond acceptors (Lipinski definition) is 6. The average Bonchev–Trinajstić information content (AvgIpc) is 3.17. The number of benzene rings is 2. The van der Waals surface area contributed by atoms with Gasteiger partial charge < -0.3 is 4.74 Å². The van der Waals surface area contributed by atoms with E-state index in [4.69, 9.17) is 9.84 Å². The second kappa shape index (κ2) is 10.9. The Balaban J connectivity index is 1.86. The maximum atomic E-state index is 5.59. The highest BCUT2D eigenvalue weighted by molar-refractivity contribution is 7.99. The molecule has 2 aromatic carbocycles. The zero-order valence-electron chi connectivity index (χ0n) is 19.4. The van der Waals surface area contributed by atoms with Crippen molar-refractivity contribution in [1.29, 1.82) is 0 Å². The third-order valence-electron chi connectivity index (χ3n) is 5.07. The van der Waals surface area contributed by atoms with Gasteiger partial charge in [-0.25, -0.2) is 4.68 Å². The van der Waals surface area contributed by atoms with E-state index in [-0.39, 0.29) is 0 Å². The molecule has 7 heteroatoms. The van der Waals surface area contributed by atoms with Crippen molar-refractivity contribution in [2.24, 2.45) is 0 Å². The Morgan fingerprint density at radius 1 is 0.879 bits per heavy atom. The average molecular weight is 477 g/mol. The Kier molecular flexibility index (Phi) is 7.73. The summed E-state index contributed by atoms with van der Waals surface area (Å²) in [6.45, 7) is 9.02. The second-order valence-electron chi connectivity index (χ2n) is 7.28. The zero-order chi connectivity index (χ0) is 23.2. The molecule has 4 aromatic rings. The maximum Gasteiger partial charge on any atom is 0.127 e. The smallest absolute Gasteiger partial charge is 0.127 e. The summed E-state index contributed by atoms with van der Waals surface area (Å²) < 4.78 is 7.64. The number of para-hydroxylation sites is 1. The second-order valence-corrected chi connectivity index (χ2v) is 9.79. The van der Waals surface area contributed by atoms with Crippen LogP contribution in [0.3, 0.4) is 0 Å². The largest absolute Gasteiger partial charge is 0.494 e. The fourth-order valence-corrected chi connectivity index (χ4v) is 5.30. The molecule has 0 unspecified atom stereocenters. The molecule has 0 amide bonds. The molecule has 0 bridgehead atoms. The molecular weight excluding hydrogens is 448 g/mol. The first-order valence-corrected chi connectivity index (χ1v) is 13.1. The first kappa shape index (κ1) is 23.4. The Labute approximate surface area is 204 Å². The first-order valence-electron chi connectivity index (χ1n) is 11.2. The van der Waals surface area contributed by atoms with Gasteiger partial charge in [-0.05, 0) is 67.8 Å². The van der Waals surface area contributed by atoms with E-state index < -0.39 is 0 Å². The van der Waals surface area contributed by atoms with Gasteiger partial charge >= 0.3 is 0 Å². The number of aromatic nitrogens is 4. The van der Waals surface area contributed by atoms with Gasteiger partial charge in [0.05, 0.1) is 23.7 Å². The summed E-state index contributed by atoms with van der Waals surface area (Å²) in [7, 11) is 0. The van der Waals surface area contributed by atoms with Crippen molar-refractivity contribution in [3.8, 4) is 33.8 Å². The fraction of sp³-hybridized carbons (Fsp3) is 0.269.